The lowest BCUT2D eigenvalue weighted by Crippen LogP contribution is -2.25. The lowest BCUT2D eigenvalue weighted by atomic mass is 10.0. The van der Waals surface area contributed by atoms with Crippen LogP contribution in [0.1, 0.15) is 29.8 Å². The molecule has 0 amide bonds. The Balaban J connectivity index is 2.10. The molecule has 2 aromatic rings. The van der Waals surface area contributed by atoms with Gasteiger partial charge < -0.3 is 9.52 Å². The minimum Gasteiger partial charge on any atom is -0.424 e. The molecule has 0 saturated carbocycles. The summed E-state index contributed by atoms with van der Waals surface area (Å²) in [5.41, 5.74) is 1.18. The van der Waals surface area contributed by atoms with Crippen LogP contribution in [-0.2, 0) is 6.54 Å². The van der Waals surface area contributed by atoms with Crippen molar-refractivity contribution in [1.29, 1.82) is 0 Å². The highest BCUT2D eigenvalue weighted by atomic mass is 16.4. The highest BCUT2D eigenvalue weighted by Crippen LogP contribution is 2.23. The van der Waals surface area contributed by atoms with Crippen LogP contribution in [0.5, 0.6) is 0 Å². The van der Waals surface area contributed by atoms with Gasteiger partial charge in [0.05, 0.1) is 6.54 Å². The molecule has 0 saturated heterocycles. The number of nitrogens with zero attached hydrogens (tertiary/aromatic N) is 3. The zero-order valence-corrected chi connectivity index (χ0v) is 11.3. The third-order valence-corrected chi connectivity index (χ3v) is 3.07. The third-order valence-electron chi connectivity index (χ3n) is 3.07. The molecule has 5 nitrogen and oxygen atoms in total. The van der Waals surface area contributed by atoms with Crippen molar-refractivity contribution in [3.8, 4) is 0 Å². The highest BCUT2D eigenvalue weighted by molar-refractivity contribution is 5.19. The van der Waals surface area contributed by atoms with Crippen LogP contribution < -0.4 is 0 Å². The molecule has 5 heteroatoms. The Hall–Kier alpha value is -1.72. The van der Waals surface area contributed by atoms with E-state index in [1.165, 1.54) is 5.56 Å². The summed E-state index contributed by atoms with van der Waals surface area (Å²) in [6.07, 6.45) is 0.674. The Morgan fingerprint density at radius 1 is 1.26 bits per heavy atom. The van der Waals surface area contributed by atoms with Crippen molar-refractivity contribution in [2.45, 2.75) is 25.9 Å². The molecule has 2 rings (SSSR count). The Morgan fingerprint density at radius 3 is 2.58 bits per heavy atom. The molecule has 0 fully saturated rings. The van der Waals surface area contributed by atoms with Gasteiger partial charge in [0.15, 0.2) is 0 Å². The van der Waals surface area contributed by atoms with E-state index in [-0.39, 0.29) is 12.6 Å². The Kier molecular flexibility index (Phi) is 4.65. The maximum atomic E-state index is 9.24. The zero-order chi connectivity index (χ0) is 13.7. The topological polar surface area (TPSA) is 62.4 Å². The Labute approximate surface area is 112 Å². The first-order valence-electron chi connectivity index (χ1n) is 6.35. The van der Waals surface area contributed by atoms with Crippen LogP contribution in [-0.4, -0.2) is 33.9 Å². The van der Waals surface area contributed by atoms with Gasteiger partial charge in [0.1, 0.15) is 0 Å². The molecule has 1 aromatic heterocycles. The van der Waals surface area contributed by atoms with E-state index in [4.69, 9.17) is 4.42 Å². The second kappa shape index (κ2) is 6.45. The number of aliphatic hydroxyl groups excluding tert-OH is 1. The van der Waals surface area contributed by atoms with Gasteiger partial charge in [-0.2, -0.15) is 0 Å². The second-order valence-corrected chi connectivity index (χ2v) is 4.57. The van der Waals surface area contributed by atoms with Gasteiger partial charge in [-0.25, -0.2) is 0 Å². The van der Waals surface area contributed by atoms with Gasteiger partial charge in [-0.1, -0.05) is 30.3 Å². The first kappa shape index (κ1) is 13.7. The summed E-state index contributed by atoms with van der Waals surface area (Å²) in [5, 5.41) is 17.1. The molecule has 0 radical (unpaired) electrons. The van der Waals surface area contributed by atoms with Crippen LogP contribution in [0, 0.1) is 6.92 Å². The fraction of sp³-hybridized carbons (Fsp3) is 0.429. The normalized spacial score (nSPS) is 12.8. The van der Waals surface area contributed by atoms with Crippen molar-refractivity contribution in [2.24, 2.45) is 0 Å². The number of hydrogen-bond donors (Lipinski definition) is 1. The van der Waals surface area contributed by atoms with Gasteiger partial charge in [0, 0.05) is 19.6 Å². The van der Waals surface area contributed by atoms with Crippen LogP contribution >= 0.6 is 0 Å². The summed E-state index contributed by atoms with van der Waals surface area (Å²) in [6.45, 7) is 2.49. The monoisotopic (exact) mass is 261 g/mol. The highest BCUT2D eigenvalue weighted by Gasteiger charge is 2.18. The Morgan fingerprint density at radius 2 is 2.00 bits per heavy atom. The van der Waals surface area contributed by atoms with Crippen molar-refractivity contribution in [3.05, 3.63) is 47.7 Å². The summed E-state index contributed by atoms with van der Waals surface area (Å²) in [4.78, 5) is 2.11. The average Bonchev–Trinajstić information content (AvgIpc) is 2.82. The number of aromatic nitrogens is 2. The molecule has 0 aliphatic heterocycles. The van der Waals surface area contributed by atoms with Crippen molar-refractivity contribution in [3.63, 3.8) is 0 Å². The minimum atomic E-state index is 0.137. The maximum Gasteiger partial charge on any atom is 0.230 e. The molecular weight excluding hydrogens is 242 g/mol. The maximum absolute atomic E-state index is 9.24. The Bertz CT molecular complexity index is 498. The van der Waals surface area contributed by atoms with Gasteiger partial charge in [0.25, 0.3) is 0 Å². The van der Waals surface area contributed by atoms with E-state index >= 15 is 0 Å². The van der Waals surface area contributed by atoms with Crippen molar-refractivity contribution in [2.75, 3.05) is 13.7 Å². The molecule has 1 atom stereocenters. The SMILES string of the molecule is Cc1nnc(CN(C)C(CCO)c2ccccc2)o1. The summed E-state index contributed by atoms with van der Waals surface area (Å²) in [7, 11) is 1.99. The van der Waals surface area contributed by atoms with Crippen molar-refractivity contribution in [1.82, 2.24) is 15.1 Å². The fourth-order valence-corrected chi connectivity index (χ4v) is 2.16. The van der Waals surface area contributed by atoms with Gasteiger partial charge in [-0.3, -0.25) is 4.90 Å². The first-order valence-corrected chi connectivity index (χ1v) is 6.35. The van der Waals surface area contributed by atoms with Gasteiger partial charge in [-0.15, -0.1) is 10.2 Å². The number of benzene rings is 1. The van der Waals surface area contributed by atoms with E-state index in [9.17, 15) is 5.11 Å². The van der Waals surface area contributed by atoms with Crippen molar-refractivity contribution < 1.29 is 9.52 Å². The molecule has 0 spiro atoms. The third kappa shape index (κ3) is 3.62. The van der Waals surface area contributed by atoms with E-state index in [1.807, 2.05) is 25.2 Å². The number of aliphatic hydroxyl groups is 1. The van der Waals surface area contributed by atoms with E-state index in [1.54, 1.807) is 6.92 Å². The second-order valence-electron chi connectivity index (χ2n) is 4.57. The van der Waals surface area contributed by atoms with E-state index in [0.717, 1.165) is 0 Å². The van der Waals surface area contributed by atoms with Gasteiger partial charge in [0.2, 0.25) is 11.8 Å². The predicted octanol–water partition coefficient (Wildman–Crippen LogP) is 1.93. The lowest BCUT2D eigenvalue weighted by Gasteiger charge is -2.26. The smallest absolute Gasteiger partial charge is 0.230 e. The standard InChI is InChI=1S/C14H19N3O2/c1-11-15-16-14(19-11)10-17(2)13(8-9-18)12-6-4-3-5-7-12/h3-7,13,18H,8-10H2,1-2H3. The molecule has 0 bridgehead atoms. The number of hydrogen-bond acceptors (Lipinski definition) is 5. The van der Waals surface area contributed by atoms with E-state index < -0.39 is 0 Å². The van der Waals surface area contributed by atoms with Crippen LogP contribution in [0.15, 0.2) is 34.7 Å². The van der Waals surface area contributed by atoms with E-state index in [0.29, 0.717) is 24.7 Å². The average molecular weight is 261 g/mol. The molecular formula is C14H19N3O2. The summed E-state index contributed by atoms with van der Waals surface area (Å²) >= 11 is 0. The largest absolute Gasteiger partial charge is 0.424 e. The van der Waals surface area contributed by atoms with Gasteiger partial charge >= 0.3 is 0 Å². The summed E-state index contributed by atoms with van der Waals surface area (Å²) in [5.74, 6) is 1.17. The molecule has 1 unspecified atom stereocenters. The molecule has 19 heavy (non-hydrogen) atoms. The van der Waals surface area contributed by atoms with Crippen LogP contribution in [0.2, 0.25) is 0 Å². The first-order chi connectivity index (χ1) is 9.20. The summed E-state index contributed by atoms with van der Waals surface area (Å²) in [6, 6.07) is 10.3. The molecule has 0 aliphatic rings. The fourth-order valence-electron chi connectivity index (χ4n) is 2.16. The number of aryl methyl sites for hydroxylation is 1. The van der Waals surface area contributed by atoms with Crippen LogP contribution in [0.3, 0.4) is 0 Å². The lowest BCUT2D eigenvalue weighted by molar-refractivity contribution is 0.168. The quantitative estimate of drug-likeness (QED) is 0.861. The summed E-state index contributed by atoms with van der Waals surface area (Å²) < 4.78 is 5.39. The number of rotatable bonds is 6. The molecule has 1 aromatic carbocycles. The van der Waals surface area contributed by atoms with Crippen molar-refractivity contribution >= 4 is 0 Å². The molecule has 0 aliphatic carbocycles. The minimum absolute atomic E-state index is 0.137. The predicted molar refractivity (Wildman–Crippen MR) is 71.4 cm³/mol. The zero-order valence-electron chi connectivity index (χ0n) is 11.3. The van der Waals surface area contributed by atoms with E-state index in [2.05, 4.69) is 27.2 Å². The van der Waals surface area contributed by atoms with Crippen LogP contribution in [0.4, 0.5) is 0 Å². The molecule has 1 N–H and O–H groups in total. The molecule has 102 valence electrons. The van der Waals surface area contributed by atoms with Gasteiger partial charge in [-0.05, 0) is 19.0 Å². The van der Waals surface area contributed by atoms with Crippen LogP contribution in [0.25, 0.3) is 0 Å². The molecule has 1 heterocycles.